The molecule has 2 aromatic heterocycles. The highest BCUT2D eigenvalue weighted by Crippen LogP contribution is 2.24. The van der Waals surface area contributed by atoms with Crippen molar-refractivity contribution in [3.8, 4) is 11.5 Å². The molecule has 1 aromatic carbocycles. The Balaban J connectivity index is 1.82. The van der Waals surface area contributed by atoms with Gasteiger partial charge in [-0.05, 0) is 25.5 Å². The number of hydrogen-bond donors (Lipinski definition) is 1. The third-order valence-electron chi connectivity index (χ3n) is 2.92. The van der Waals surface area contributed by atoms with Crippen LogP contribution in [-0.4, -0.2) is 21.3 Å². The van der Waals surface area contributed by atoms with Crippen LogP contribution in [0.25, 0.3) is 11.5 Å². The molecule has 0 aliphatic heterocycles. The standard InChI is InChI=1S/C14H12N4O3/c1-8-3-4-10(9(2)7-8)13-17-18-14(20-13)16-12(19)11-5-6-15-21-11/h3-7H,1-2H3,(H,16,18,19). The fraction of sp³-hybridized carbons (Fsp3) is 0.143. The fourth-order valence-electron chi connectivity index (χ4n) is 1.93. The summed E-state index contributed by atoms with van der Waals surface area (Å²) in [6.07, 6.45) is 1.38. The molecule has 3 aromatic rings. The van der Waals surface area contributed by atoms with Crippen LogP contribution in [0.3, 0.4) is 0 Å². The minimum Gasteiger partial charge on any atom is -0.403 e. The molecular formula is C14H12N4O3. The average Bonchev–Trinajstić information content (AvgIpc) is 3.09. The summed E-state index contributed by atoms with van der Waals surface area (Å²) in [6.45, 7) is 3.97. The highest BCUT2D eigenvalue weighted by atomic mass is 16.5. The first-order valence-corrected chi connectivity index (χ1v) is 6.26. The van der Waals surface area contributed by atoms with E-state index in [0.29, 0.717) is 5.89 Å². The van der Waals surface area contributed by atoms with E-state index in [4.69, 9.17) is 8.94 Å². The van der Waals surface area contributed by atoms with Gasteiger partial charge in [-0.15, -0.1) is 5.10 Å². The van der Waals surface area contributed by atoms with Crippen LogP contribution in [0.4, 0.5) is 6.01 Å². The first-order valence-electron chi connectivity index (χ1n) is 6.26. The second-order valence-corrected chi connectivity index (χ2v) is 4.56. The van der Waals surface area contributed by atoms with E-state index >= 15 is 0 Å². The van der Waals surface area contributed by atoms with Gasteiger partial charge in [0.15, 0.2) is 0 Å². The third kappa shape index (κ3) is 2.66. The Bertz CT molecular complexity index is 777. The molecule has 1 N–H and O–H groups in total. The number of nitrogens with one attached hydrogen (secondary N) is 1. The minimum absolute atomic E-state index is 0.00590. The van der Waals surface area contributed by atoms with Crippen molar-refractivity contribution >= 4 is 11.9 Å². The molecule has 0 spiro atoms. The van der Waals surface area contributed by atoms with Crippen molar-refractivity contribution in [2.45, 2.75) is 13.8 Å². The van der Waals surface area contributed by atoms with Crippen molar-refractivity contribution in [2.75, 3.05) is 5.32 Å². The molecule has 1 amide bonds. The van der Waals surface area contributed by atoms with Crippen LogP contribution in [0.5, 0.6) is 0 Å². The molecule has 3 rings (SSSR count). The molecule has 0 atom stereocenters. The van der Waals surface area contributed by atoms with Crippen molar-refractivity contribution < 1.29 is 13.7 Å². The number of rotatable bonds is 3. The zero-order valence-corrected chi connectivity index (χ0v) is 11.5. The van der Waals surface area contributed by atoms with Gasteiger partial charge < -0.3 is 8.94 Å². The molecule has 21 heavy (non-hydrogen) atoms. The fourth-order valence-corrected chi connectivity index (χ4v) is 1.93. The number of benzene rings is 1. The molecule has 2 heterocycles. The molecule has 7 nitrogen and oxygen atoms in total. The van der Waals surface area contributed by atoms with E-state index in [1.54, 1.807) is 0 Å². The molecule has 0 fully saturated rings. The maximum absolute atomic E-state index is 11.8. The molecular weight excluding hydrogens is 272 g/mol. The summed E-state index contributed by atoms with van der Waals surface area (Å²) in [5.74, 6) is -0.0787. The minimum atomic E-state index is -0.497. The van der Waals surface area contributed by atoms with Crippen LogP contribution >= 0.6 is 0 Å². The number of anilines is 1. The van der Waals surface area contributed by atoms with Crippen LogP contribution in [0.15, 0.2) is 39.4 Å². The Morgan fingerprint density at radius 2 is 2.05 bits per heavy atom. The Morgan fingerprint density at radius 1 is 1.19 bits per heavy atom. The number of aromatic nitrogens is 3. The lowest BCUT2D eigenvalue weighted by Crippen LogP contribution is -2.11. The Morgan fingerprint density at radius 3 is 2.76 bits per heavy atom. The molecule has 0 saturated heterocycles. The number of nitrogens with zero attached hydrogens (tertiary/aromatic N) is 3. The summed E-state index contributed by atoms with van der Waals surface area (Å²) in [5.41, 5.74) is 3.00. The Labute approximate surface area is 120 Å². The zero-order chi connectivity index (χ0) is 14.8. The van der Waals surface area contributed by atoms with Crippen molar-refractivity contribution in [1.82, 2.24) is 15.4 Å². The number of aryl methyl sites for hydroxylation is 2. The average molecular weight is 284 g/mol. The van der Waals surface area contributed by atoms with Crippen LogP contribution in [0.1, 0.15) is 21.7 Å². The van der Waals surface area contributed by atoms with Gasteiger partial charge in [0.2, 0.25) is 11.7 Å². The first kappa shape index (κ1) is 13.0. The van der Waals surface area contributed by atoms with E-state index in [1.807, 2.05) is 32.0 Å². The van der Waals surface area contributed by atoms with Gasteiger partial charge in [-0.1, -0.05) is 28.0 Å². The third-order valence-corrected chi connectivity index (χ3v) is 2.92. The maximum atomic E-state index is 11.8. The van der Waals surface area contributed by atoms with Crippen molar-refractivity contribution in [1.29, 1.82) is 0 Å². The molecule has 0 radical (unpaired) electrons. The Kier molecular flexibility index (Phi) is 3.23. The van der Waals surface area contributed by atoms with E-state index in [-0.39, 0.29) is 11.8 Å². The topological polar surface area (TPSA) is 94.1 Å². The Hall–Kier alpha value is -2.96. The normalized spacial score (nSPS) is 10.6. The van der Waals surface area contributed by atoms with Gasteiger partial charge in [0.05, 0.1) is 6.20 Å². The predicted molar refractivity (Wildman–Crippen MR) is 73.7 cm³/mol. The molecule has 0 aliphatic carbocycles. The van der Waals surface area contributed by atoms with E-state index in [2.05, 4.69) is 20.7 Å². The first-order chi connectivity index (χ1) is 10.1. The second-order valence-electron chi connectivity index (χ2n) is 4.56. The van der Waals surface area contributed by atoms with Crippen LogP contribution in [-0.2, 0) is 0 Å². The molecule has 0 saturated carbocycles. The van der Waals surface area contributed by atoms with Crippen LogP contribution in [0.2, 0.25) is 0 Å². The smallest absolute Gasteiger partial charge is 0.322 e. The summed E-state index contributed by atoms with van der Waals surface area (Å²) < 4.78 is 10.2. The summed E-state index contributed by atoms with van der Waals surface area (Å²) in [7, 11) is 0. The number of hydrogen-bond acceptors (Lipinski definition) is 6. The van der Waals surface area contributed by atoms with E-state index in [9.17, 15) is 4.79 Å². The highest BCUT2D eigenvalue weighted by Gasteiger charge is 2.15. The van der Waals surface area contributed by atoms with Crippen LogP contribution < -0.4 is 5.32 Å². The zero-order valence-electron chi connectivity index (χ0n) is 11.5. The van der Waals surface area contributed by atoms with E-state index in [0.717, 1.165) is 16.7 Å². The summed E-state index contributed by atoms with van der Waals surface area (Å²) in [5, 5.41) is 13.6. The molecule has 0 bridgehead atoms. The number of carbonyl (C=O) groups is 1. The van der Waals surface area contributed by atoms with Gasteiger partial charge in [0, 0.05) is 11.6 Å². The summed E-state index contributed by atoms with van der Waals surface area (Å²) >= 11 is 0. The molecule has 0 unspecified atom stereocenters. The van der Waals surface area contributed by atoms with Crippen molar-refractivity contribution in [3.05, 3.63) is 47.3 Å². The SMILES string of the molecule is Cc1ccc(-c2nnc(NC(=O)c3ccno3)o2)c(C)c1. The molecule has 7 heteroatoms. The lowest BCUT2D eigenvalue weighted by atomic mass is 10.1. The second kappa shape index (κ2) is 5.20. The quantitative estimate of drug-likeness (QED) is 0.794. The van der Waals surface area contributed by atoms with Gasteiger partial charge in [0.25, 0.3) is 5.91 Å². The van der Waals surface area contributed by atoms with E-state index in [1.165, 1.54) is 12.3 Å². The summed E-state index contributed by atoms with van der Waals surface area (Å²) in [4.78, 5) is 11.8. The van der Waals surface area contributed by atoms with Gasteiger partial charge >= 0.3 is 6.01 Å². The highest BCUT2D eigenvalue weighted by molar-refractivity contribution is 6.00. The lowest BCUT2D eigenvalue weighted by Gasteiger charge is -2.01. The monoisotopic (exact) mass is 284 g/mol. The maximum Gasteiger partial charge on any atom is 0.322 e. The van der Waals surface area contributed by atoms with Crippen LogP contribution in [0, 0.1) is 13.8 Å². The largest absolute Gasteiger partial charge is 0.403 e. The molecule has 106 valence electrons. The van der Waals surface area contributed by atoms with Crippen molar-refractivity contribution in [3.63, 3.8) is 0 Å². The van der Waals surface area contributed by atoms with Gasteiger partial charge in [-0.25, -0.2) is 0 Å². The van der Waals surface area contributed by atoms with Gasteiger partial charge in [0.1, 0.15) is 0 Å². The van der Waals surface area contributed by atoms with Gasteiger partial charge in [-0.3, -0.25) is 10.1 Å². The van der Waals surface area contributed by atoms with Crippen molar-refractivity contribution in [2.24, 2.45) is 0 Å². The number of amides is 1. The van der Waals surface area contributed by atoms with E-state index < -0.39 is 5.91 Å². The predicted octanol–water partition coefficient (Wildman–Crippen LogP) is 2.59. The molecule has 0 aliphatic rings. The summed E-state index contributed by atoms with van der Waals surface area (Å²) in [6, 6.07) is 7.33. The number of carbonyl (C=O) groups excluding carboxylic acids is 1. The van der Waals surface area contributed by atoms with Gasteiger partial charge in [-0.2, -0.15) is 0 Å². The lowest BCUT2D eigenvalue weighted by molar-refractivity contribution is 0.0985.